The van der Waals surface area contributed by atoms with Gasteiger partial charge in [0.25, 0.3) is 0 Å². The monoisotopic (exact) mass is 319 g/mol. The molecule has 3 nitrogen and oxygen atoms in total. The summed E-state index contributed by atoms with van der Waals surface area (Å²) in [6, 6.07) is 17.3. The van der Waals surface area contributed by atoms with Gasteiger partial charge in [-0.2, -0.15) is 0 Å². The van der Waals surface area contributed by atoms with Gasteiger partial charge in [-0.25, -0.2) is 0 Å². The first kappa shape index (κ1) is 16.7. The average Bonchev–Trinajstić information content (AvgIpc) is 3.33. The van der Waals surface area contributed by atoms with Crippen LogP contribution < -0.4 is 14.8 Å². The molecule has 2 atom stereocenters. The maximum Gasteiger partial charge on any atom is 0.165 e. The number of nitrogens with one attached hydrogen (secondary N) is 1. The summed E-state index contributed by atoms with van der Waals surface area (Å²) in [6.07, 6.45) is 1.20. The molecule has 0 spiro atoms. The van der Waals surface area contributed by atoms with Gasteiger partial charge in [-0.05, 0) is 18.1 Å². The third kappa shape index (κ3) is 3.54. The fourth-order valence-electron chi connectivity index (χ4n) is 2.82. The summed E-state index contributed by atoms with van der Waals surface area (Å²) < 4.78 is 10.8. The fraction of sp³-hybridized carbons (Fsp3) is 0.333. The molecule has 0 aliphatic heterocycles. The van der Waals surface area contributed by atoms with Gasteiger partial charge in [0.15, 0.2) is 11.5 Å². The Morgan fingerprint density at radius 1 is 1.00 bits per heavy atom. The summed E-state index contributed by atoms with van der Waals surface area (Å²) in [4.78, 5) is 0. The third-order valence-corrected chi connectivity index (χ3v) is 4.06. The first-order valence-electron chi connectivity index (χ1n) is 7.31. The zero-order valence-electron chi connectivity index (χ0n) is 12.9. The highest BCUT2D eigenvalue weighted by Crippen LogP contribution is 2.41. The minimum absolute atomic E-state index is 0. The van der Waals surface area contributed by atoms with E-state index in [0.29, 0.717) is 12.0 Å². The van der Waals surface area contributed by atoms with Crippen molar-refractivity contribution >= 4 is 12.4 Å². The standard InChI is InChI=1S/C18H21NO2.ClH/c1-20-17-10-6-9-14(18(17)21-2)12-19-16-11-15(16)13-7-4-3-5-8-13;/h3-10,15-16,19H,11-12H2,1-2H3;1H/t15?,16-;/m0./s1. The normalized spacial score (nSPS) is 19.2. The molecule has 0 aromatic heterocycles. The van der Waals surface area contributed by atoms with E-state index in [1.165, 1.54) is 12.0 Å². The lowest BCUT2D eigenvalue weighted by Gasteiger charge is -2.13. The zero-order chi connectivity index (χ0) is 14.7. The molecule has 22 heavy (non-hydrogen) atoms. The van der Waals surface area contributed by atoms with Crippen molar-refractivity contribution in [3.8, 4) is 11.5 Å². The van der Waals surface area contributed by atoms with Gasteiger partial charge >= 0.3 is 0 Å². The molecule has 4 heteroatoms. The number of ether oxygens (including phenoxy) is 2. The quantitative estimate of drug-likeness (QED) is 0.879. The van der Waals surface area contributed by atoms with Crippen LogP contribution in [-0.2, 0) is 6.54 Å². The van der Waals surface area contributed by atoms with E-state index in [1.54, 1.807) is 14.2 Å². The second-order valence-corrected chi connectivity index (χ2v) is 5.39. The third-order valence-electron chi connectivity index (χ3n) is 4.06. The fourth-order valence-corrected chi connectivity index (χ4v) is 2.82. The molecule has 1 aliphatic rings. The molecule has 0 bridgehead atoms. The van der Waals surface area contributed by atoms with Crippen LogP contribution in [0.15, 0.2) is 48.5 Å². The van der Waals surface area contributed by atoms with E-state index in [9.17, 15) is 0 Å². The van der Waals surface area contributed by atoms with Crippen LogP contribution in [0.2, 0.25) is 0 Å². The lowest BCUT2D eigenvalue weighted by molar-refractivity contribution is 0.350. The van der Waals surface area contributed by atoms with E-state index >= 15 is 0 Å². The molecular formula is C18H22ClNO2. The minimum atomic E-state index is 0. The summed E-state index contributed by atoms with van der Waals surface area (Å²) in [5.41, 5.74) is 2.56. The van der Waals surface area contributed by atoms with E-state index in [2.05, 4.69) is 41.7 Å². The van der Waals surface area contributed by atoms with Crippen LogP contribution in [0.5, 0.6) is 11.5 Å². The molecule has 2 aromatic rings. The van der Waals surface area contributed by atoms with Crippen LogP contribution in [0.25, 0.3) is 0 Å². The SMILES string of the molecule is COc1cccc(CN[C@H]2CC2c2ccccc2)c1OC.Cl. The Kier molecular flexibility index (Phi) is 5.69. The predicted molar refractivity (Wildman–Crippen MR) is 91.2 cm³/mol. The number of halogens is 1. The second-order valence-electron chi connectivity index (χ2n) is 5.39. The lowest BCUT2D eigenvalue weighted by atomic mass is 10.1. The van der Waals surface area contributed by atoms with Crippen LogP contribution in [0.1, 0.15) is 23.5 Å². The molecule has 1 N–H and O–H groups in total. The number of methoxy groups -OCH3 is 2. The first-order valence-corrected chi connectivity index (χ1v) is 7.31. The van der Waals surface area contributed by atoms with Gasteiger partial charge in [0.2, 0.25) is 0 Å². The van der Waals surface area contributed by atoms with Crippen LogP contribution in [-0.4, -0.2) is 20.3 Å². The minimum Gasteiger partial charge on any atom is -0.493 e. The molecule has 1 fully saturated rings. The second kappa shape index (κ2) is 7.52. The Labute approximate surface area is 138 Å². The van der Waals surface area contributed by atoms with Crippen molar-refractivity contribution in [2.45, 2.75) is 24.9 Å². The number of benzene rings is 2. The van der Waals surface area contributed by atoms with Crippen LogP contribution in [0, 0.1) is 0 Å². The van der Waals surface area contributed by atoms with Crippen LogP contribution >= 0.6 is 12.4 Å². The lowest BCUT2D eigenvalue weighted by Crippen LogP contribution is -2.17. The molecule has 1 unspecified atom stereocenters. The summed E-state index contributed by atoms with van der Waals surface area (Å²) in [5, 5.41) is 3.61. The Bertz CT molecular complexity index is 603. The summed E-state index contributed by atoms with van der Waals surface area (Å²) in [7, 11) is 3.35. The number of rotatable bonds is 6. The first-order chi connectivity index (χ1) is 10.3. The summed E-state index contributed by atoms with van der Waals surface area (Å²) in [5.74, 6) is 2.25. The molecule has 1 aliphatic carbocycles. The van der Waals surface area contributed by atoms with Crippen molar-refractivity contribution in [3.63, 3.8) is 0 Å². The molecule has 0 amide bonds. The number of hydrogen-bond donors (Lipinski definition) is 1. The van der Waals surface area contributed by atoms with Gasteiger partial charge < -0.3 is 14.8 Å². The van der Waals surface area contributed by atoms with Gasteiger partial charge in [0.05, 0.1) is 14.2 Å². The summed E-state index contributed by atoms with van der Waals surface area (Å²) >= 11 is 0. The number of hydrogen-bond acceptors (Lipinski definition) is 3. The maximum atomic E-state index is 5.47. The molecule has 0 heterocycles. The summed E-state index contributed by atoms with van der Waals surface area (Å²) in [6.45, 7) is 0.800. The van der Waals surface area contributed by atoms with Crippen molar-refractivity contribution in [1.82, 2.24) is 5.32 Å². The smallest absolute Gasteiger partial charge is 0.165 e. The average molecular weight is 320 g/mol. The predicted octanol–water partition coefficient (Wildman–Crippen LogP) is 3.77. The maximum absolute atomic E-state index is 5.47. The molecule has 1 saturated carbocycles. The Morgan fingerprint density at radius 2 is 1.77 bits per heavy atom. The molecule has 2 aromatic carbocycles. The largest absolute Gasteiger partial charge is 0.493 e. The van der Waals surface area contributed by atoms with Gasteiger partial charge in [-0.3, -0.25) is 0 Å². The molecular weight excluding hydrogens is 298 g/mol. The topological polar surface area (TPSA) is 30.5 Å². The highest BCUT2D eigenvalue weighted by atomic mass is 35.5. The van der Waals surface area contributed by atoms with Crippen molar-refractivity contribution in [1.29, 1.82) is 0 Å². The van der Waals surface area contributed by atoms with Crippen molar-refractivity contribution in [2.75, 3.05) is 14.2 Å². The van der Waals surface area contributed by atoms with Crippen LogP contribution in [0.4, 0.5) is 0 Å². The Balaban J connectivity index is 0.00000176. The molecule has 118 valence electrons. The van der Waals surface area contributed by atoms with E-state index < -0.39 is 0 Å². The zero-order valence-corrected chi connectivity index (χ0v) is 13.7. The van der Waals surface area contributed by atoms with Gasteiger partial charge in [-0.15, -0.1) is 12.4 Å². The van der Waals surface area contributed by atoms with Crippen molar-refractivity contribution < 1.29 is 9.47 Å². The van der Waals surface area contributed by atoms with Gasteiger partial charge in [0.1, 0.15) is 0 Å². The molecule has 3 rings (SSSR count). The van der Waals surface area contributed by atoms with Crippen molar-refractivity contribution in [3.05, 3.63) is 59.7 Å². The Morgan fingerprint density at radius 3 is 2.45 bits per heavy atom. The van der Waals surface area contributed by atoms with E-state index in [0.717, 1.165) is 23.6 Å². The highest BCUT2D eigenvalue weighted by molar-refractivity contribution is 5.85. The Hall–Kier alpha value is -1.71. The van der Waals surface area contributed by atoms with E-state index in [4.69, 9.17) is 9.47 Å². The van der Waals surface area contributed by atoms with Gasteiger partial charge in [-0.1, -0.05) is 42.5 Å². The van der Waals surface area contributed by atoms with E-state index in [-0.39, 0.29) is 12.4 Å². The van der Waals surface area contributed by atoms with Gasteiger partial charge in [0, 0.05) is 24.1 Å². The number of para-hydroxylation sites is 1. The van der Waals surface area contributed by atoms with Crippen LogP contribution in [0.3, 0.4) is 0 Å². The molecule has 0 saturated heterocycles. The molecule has 0 radical (unpaired) electrons. The highest BCUT2D eigenvalue weighted by Gasteiger charge is 2.37. The van der Waals surface area contributed by atoms with Crippen molar-refractivity contribution in [2.24, 2.45) is 0 Å². The van der Waals surface area contributed by atoms with E-state index in [1.807, 2.05) is 12.1 Å².